The van der Waals surface area contributed by atoms with Gasteiger partial charge in [0.15, 0.2) is 5.78 Å². The number of ketones is 1. The first-order valence-corrected chi connectivity index (χ1v) is 10.8. The van der Waals surface area contributed by atoms with Gasteiger partial charge in [0, 0.05) is 30.1 Å². The third-order valence-electron chi connectivity index (χ3n) is 5.33. The molecule has 0 aliphatic carbocycles. The molecule has 1 saturated heterocycles. The van der Waals surface area contributed by atoms with E-state index in [1.165, 1.54) is 16.1 Å². The molecule has 0 radical (unpaired) electrons. The van der Waals surface area contributed by atoms with Crippen LogP contribution in [-0.2, 0) is 6.54 Å². The number of ether oxygens (including phenoxy) is 1. The quantitative estimate of drug-likeness (QED) is 0.534. The highest BCUT2D eigenvalue weighted by Crippen LogP contribution is 2.34. The van der Waals surface area contributed by atoms with E-state index < -0.39 is 0 Å². The van der Waals surface area contributed by atoms with Gasteiger partial charge in [0.1, 0.15) is 5.75 Å². The lowest BCUT2D eigenvalue weighted by molar-refractivity contribution is 0.101. The molecule has 146 valence electrons. The molecule has 1 atom stereocenters. The molecule has 1 fully saturated rings. The first-order valence-electron chi connectivity index (χ1n) is 9.98. The van der Waals surface area contributed by atoms with Gasteiger partial charge in [-0.05, 0) is 63.6 Å². The molecule has 5 heteroatoms. The summed E-state index contributed by atoms with van der Waals surface area (Å²) < 4.78 is 7.08. The number of nitrogens with zero attached hydrogens (tertiary/aromatic N) is 2. The Bertz CT molecular complexity index is 949. The van der Waals surface area contributed by atoms with Gasteiger partial charge in [-0.25, -0.2) is 4.98 Å². The molecule has 0 amide bonds. The lowest BCUT2D eigenvalue weighted by atomic mass is 9.97. The van der Waals surface area contributed by atoms with Crippen molar-refractivity contribution in [3.63, 3.8) is 0 Å². The number of thiazole rings is 1. The SMILES string of the molecule is CCOc1ccc(C(C)=O)cc1CN1CCC[C@@H](c2nc3ccccc3s2)C1. The van der Waals surface area contributed by atoms with Gasteiger partial charge in [0.2, 0.25) is 0 Å². The van der Waals surface area contributed by atoms with Gasteiger partial charge < -0.3 is 4.74 Å². The number of Topliss-reactive ketones (excluding diaryl/α,β-unsaturated/α-hetero) is 1. The van der Waals surface area contributed by atoms with Crippen LogP contribution in [0.3, 0.4) is 0 Å². The van der Waals surface area contributed by atoms with E-state index in [1.807, 2.05) is 36.5 Å². The minimum Gasteiger partial charge on any atom is -0.494 e. The molecular formula is C23H26N2O2S. The predicted octanol–water partition coefficient (Wildman–Crippen LogP) is 5.28. The predicted molar refractivity (Wildman–Crippen MR) is 114 cm³/mol. The second kappa shape index (κ2) is 8.41. The number of hydrogen-bond donors (Lipinski definition) is 0. The van der Waals surface area contributed by atoms with Crippen LogP contribution in [0.4, 0.5) is 0 Å². The Labute approximate surface area is 170 Å². The zero-order valence-corrected chi connectivity index (χ0v) is 17.3. The molecule has 1 aliphatic heterocycles. The average molecular weight is 395 g/mol. The third kappa shape index (κ3) is 4.10. The summed E-state index contributed by atoms with van der Waals surface area (Å²) >= 11 is 1.82. The molecule has 3 aromatic rings. The highest BCUT2D eigenvalue weighted by atomic mass is 32.1. The van der Waals surface area contributed by atoms with Crippen molar-refractivity contribution in [2.45, 2.75) is 39.2 Å². The van der Waals surface area contributed by atoms with Crippen LogP contribution in [0, 0.1) is 0 Å². The Hall–Kier alpha value is -2.24. The van der Waals surface area contributed by atoms with Crippen molar-refractivity contribution in [3.8, 4) is 5.75 Å². The van der Waals surface area contributed by atoms with Crippen molar-refractivity contribution < 1.29 is 9.53 Å². The number of aromatic nitrogens is 1. The fourth-order valence-electron chi connectivity index (χ4n) is 3.92. The molecule has 1 aliphatic rings. The maximum atomic E-state index is 11.8. The van der Waals surface area contributed by atoms with Gasteiger partial charge in [0.05, 0.1) is 21.8 Å². The summed E-state index contributed by atoms with van der Waals surface area (Å²) in [7, 11) is 0. The zero-order valence-electron chi connectivity index (χ0n) is 16.5. The monoisotopic (exact) mass is 394 g/mol. The second-order valence-corrected chi connectivity index (χ2v) is 8.47. The van der Waals surface area contributed by atoms with E-state index in [4.69, 9.17) is 9.72 Å². The van der Waals surface area contributed by atoms with Crippen molar-refractivity contribution in [2.75, 3.05) is 19.7 Å². The molecule has 0 spiro atoms. The van der Waals surface area contributed by atoms with Gasteiger partial charge in [-0.1, -0.05) is 12.1 Å². The lowest BCUT2D eigenvalue weighted by Crippen LogP contribution is -2.34. The summed E-state index contributed by atoms with van der Waals surface area (Å²) in [6, 6.07) is 14.2. The van der Waals surface area contributed by atoms with Gasteiger partial charge in [-0.3, -0.25) is 9.69 Å². The Morgan fingerprint density at radius 3 is 2.93 bits per heavy atom. The minimum atomic E-state index is 0.0929. The molecule has 0 bridgehead atoms. The number of carbonyl (C=O) groups excluding carboxylic acids is 1. The van der Waals surface area contributed by atoms with E-state index in [0.29, 0.717) is 12.5 Å². The van der Waals surface area contributed by atoms with Crippen molar-refractivity contribution in [2.24, 2.45) is 0 Å². The van der Waals surface area contributed by atoms with Gasteiger partial charge in [-0.15, -0.1) is 11.3 Å². The summed E-state index contributed by atoms with van der Waals surface area (Å²) in [5.74, 6) is 1.45. The molecule has 1 aromatic heterocycles. The van der Waals surface area contributed by atoms with Crippen LogP contribution in [-0.4, -0.2) is 35.4 Å². The maximum Gasteiger partial charge on any atom is 0.159 e. The van der Waals surface area contributed by atoms with Crippen molar-refractivity contribution >= 4 is 27.3 Å². The maximum absolute atomic E-state index is 11.8. The Morgan fingerprint density at radius 1 is 1.29 bits per heavy atom. The number of carbonyl (C=O) groups is 1. The van der Waals surface area contributed by atoms with E-state index in [1.54, 1.807) is 6.92 Å². The fourth-order valence-corrected chi connectivity index (χ4v) is 5.02. The first-order chi connectivity index (χ1) is 13.6. The fraction of sp³-hybridized carbons (Fsp3) is 0.391. The molecule has 4 rings (SSSR count). The summed E-state index contributed by atoms with van der Waals surface area (Å²) in [4.78, 5) is 19.2. The van der Waals surface area contributed by atoms with Crippen LogP contribution in [0.15, 0.2) is 42.5 Å². The van der Waals surface area contributed by atoms with Crippen LogP contribution < -0.4 is 4.74 Å². The van der Waals surface area contributed by atoms with Gasteiger partial charge >= 0.3 is 0 Å². The highest BCUT2D eigenvalue weighted by Gasteiger charge is 2.25. The summed E-state index contributed by atoms with van der Waals surface area (Å²) in [6.07, 6.45) is 2.35. The number of rotatable bonds is 6. The molecule has 0 unspecified atom stereocenters. The first kappa shape index (κ1) is 19.1. The van der Waals surface area contributed by atoms with Crippen LogP contribution in [0.25, 0.3) is 10.2 Å². The highest BCUT2D eigenvalue weighted by molar-refractivity contribution is 7.18. The number of piperidine rings is 1. The number of hydrogen-bond acceptors (Lipinski definition) is 5. The van der Waals surface area contributed by atoms with Gasteiger partial charge in [-0.2, -0.15) is 0 Å². The number of likely N-dealkylation sites (tertiary alicyclic amines) is 1. The van der Waals surface area contributed by atoms with Gasteiger partial charge in [0.25, 0.3) is 0 Å². The Balaban J connectivity index is 1.53. The molecule has 2 aromatic carbocycles. The van der Waals surface area contributed by atoms with Crippen LogP contribution in [0.1, 0.15) is 53.5 Å². The topological polar surface area (TPSA) is 42.4 Å². The Morgan fingerprint density at radius 2 is 2.14 bits per heavy atom. The molecule has 28 heavy (non-hydrogen) atoms. The van der Waals surface area contributed by atoms with E-state index in [0.717, 1.165) is 48.4 Å². The standard InChI is InChI=1S/C23H26N2O2S/c1-3-27-21-11-10-17(16(2)26)13-19(21)15-25-12-6-7-18(14-25)23-24-20-8-4-5-9-22(20)28-23/h4-5,8-11,13,18H,3,6-7,12,14-15H2,1-2H3/t18-/m1/s1. The largest absolute Gasteiger partial charge is 0.494 e. The molecular weight excluding hydrogens is 368 g/mol. The summed E-state index contributed by atoms with van der Waals surface area (Å²) in [5, 5.41) is 1.24. The van der Waals surface area contributed by atoms with E-state index in [9.17, 15) is 4.79 Å². The van der Waals surface area contributed by atoms with E-state index in [2.05, 4.69) is 29.2 Å². The number of fused-ring (bicyclic) bond motifs is 1. The Kier molecular flexibility index (Phi) is 5.74. The zero-order chi connectivity index (χ0) is 19.5. The summed E-state index contributed by atoms with van der Waals surface area (Å²) in [6.45, 7) is 7.10. The normalized spacial score (nSPS) is 17.7. The van der Waals surface area contributed by atoms with Crippen LogP contribution in [0.2, 0.25) is 0 Å². The van der Waals surface area contributed by atoms with Crippen LogP contribution >= 0.6 is 11.3 Å². The summed E-state index contributed by atoms with van der Waals surface area (Å²) in [5.41, 5.74) is 2.95. The smallest absolute Gasteiger partial charge is 0.159 e. The van der Waals surface area contributed by atoms with Crippen molar-refractivity contribution in [1.82, 2.24) is 9.88 Å². The second-order valence-electron chi connectivity index (χ2n) is 7.41. The molecule has 0 N–H and O–H groups in total. The number of para-hydroxylation sites is 1. The lowest BCUT2D eigenvalue weighted by Gasteiger charge is -2.32. The van der Waals surface area contributed by atoms with Crippen molar-refractivity contribution in [3.05, 3.63) is 58.6 Å². The van der Waals surface area contributed by atoms with E-state index in [-0.39, 0.29) is 5.78 Å². The molecule has 0 saturated carbocycles. The van der Waals surface area contributed by atoms with Crippen molar-refractivity contribution in [1.29, 1.82) is 0 Å². The minimum absolute atomic E-state index is 0.0929. The molecule has 2 heterocycles. The van der Waals surface area contributed by atoms with Crippen LogP contribution in [0.5, 0.6) is 5.75 Å². The third-order valence-corrected chi connectivity index (χ3v) is 6.52. The number of benzene rings is 2. The van der Waals surface area contributed by atoms with E-state index >= 15 is 0 Å². The average Bonchev–Trinajstić information content (AvgIpc) is 3.14. The molecule has 4 nitrogen and oxygen atoms in total.